The Hall–Kier alpha value is -3.35. The van der Waals surface area contributed by atoms with Gasteiger partial charge in [-0.2, -0.15) is 0 Å². The Morgan fingerprint density at radius 3 is 2.40 bits per heavy atom. The minimum atomic E-state index is -0.942. The molecule has 0 saturated heterocycles. The molecule has 2 aromatic rings. The molecule has 1 aliphatic carbocycles. The fraction of sp³-hybridized carbons (Fsp3) is 0.348. The number of para-hydroxylation sites is 1. The SMILES string of the molecule is C[C@@H](Oc1ccccc1C(=O)NCc1ccccc1)C(=O)NC(=O)NC1CCCC1. The molecule has 0 spiro atoms. The smallest absolute Gasteiger partial charge is 0.321 e. The second kappa shape index (κ2) is 10.4. The second-order valence-corrected chi connectivity index (χ2v) is 7.37. The molecule has 1 saturated carbocycles. The zero-order chi connectivity index (χ0) is 21.3. The predicted molar refractivity (Wildman–Crippen MR) is 113 cm³/mol. The van der Waals surface area contributed by atoms with E-state index in [2.05, 4.69) is 16.0 Å². The lowest BCUT2D eigenvalue weighted by atomic mass is 10.1. The average Bonchev–Trinajstić information content (AvgIpc) is 3.26. The minimum absolute atomic E-state index is 0.114. The van der Waals surface area contributed by atoms with Gasteiger partial charge in [0.15, 0.2) is 6.10 Å². The maximum atomic E-state index is 12.6. The van der Waals surface area contributed by atoms with E-state index < -0.39 is 18.0 Å². The lowest BCUT2D eigenvalue weighted by Gasteiger charge is -2.18. The van der Waals surface area contributed by atoms with Crippen LogP contribution in [0.15, 0.2) is 54.6 Å². The number of amides is 4. The molecule has 3 N–H and O–H groups in total. The number of nitrogens with one attached hydrogen (secondary N) is 3. The van der Waals surface area contributed by atoms with Crippen molar-refractivity contribution in [3.63, 3.8) is 0 Å². The standard InChI is InChI=1S/C23H27N3O4/c1-16(21(27)26-23(29)25-18-11-5-6-12-18)30-20-14-8-7-13-19(20)22(28)24-15-17-9-3-2-4-10-17/h2-4,7-10,13-14,16,18H,5-6,11-12,15H2,1H3,(H,24,28)(H2,25,26,27,29)/t16-/m1/s1. The first-order valence-electron chi connectivity index (χ1n) is 10.2. The summed E-state index contributed by atoms with van der Waals surface area (Å²) in [6, 6.07) is 15.9. The van der Waals surface area contributed by atoms with E-state index in [1.54, 1.807) is 24.3 Å². The molecule has 1 fully saturated rings. The van der Waals surface area contributed by atoms with Crippen LogP contribution in [0.3, 0.4) is 0 Å². The van der Waals surface area contributed by atoms with Gasteiger partial charge in [-0.05, 0) is 37.5 Å². The fourth-order valence-electron chi connectivity index (χ4n) is 3.38. The van der Waals surface area contributed by atoms with Crippen LogP contribution in [-0.4, -0.2) is 30.0 Å². The predicted octanol–water partition coefficient (Wildman–Crippen LogP) is 3.15. The molecular formula is C23H27N3O4. The first kappa shape index (κ1) is 21.4. The molecule has 158 valence electrons. The van der Waals surface area contributed by atoms with E-state index in [0.29, 0.717) is 12.1 Å². The molecule has 0 aromatic heterocycles. The molecule has 7 heteroatoms. The number of benzene rings is 2. The van der Waals surface area contributed by atoms with Crippen LogP contribution in [0.5, 0.6) is 5.75 Å². The summed E-state index contributed by atoms with van der Waals surface area (Å²) in [4.78, 5) is 36.9. The van der Waals surface area contributed by atoms with Crippen molar-refractivity contribution < 1.29 is 19.1 Å². The van der Waals surface area contributed by atoms with Gasteiger partial charge < -0.3 is 15.4 Å². The van der Waals surface area contributed by atoms with E-state index in [4.69, 9.17) is 4.74 Å². The summed E-state index contributed by atoms with van der Waals surface area (Å²) in [5.74, 6) is -0.590. The van der Waals surface area contributed by atoms with Crippen molar-refractivity contribution in [2.24, 2.45) is 0 Å². The monoisotopic (exact) mass is 409 g/mol. The number of hydrogen-bond donors (Lipinski definition) is 3. The molecule has 0 bridgehead atoms. The highest BCUT2D eigenvalue weighted by Gasteiger charge is 2.22. The zero-order valence-electron chi connectivity index (χ0n) is 17.0. The molecule has 4 amide bonds. The Morgan fingerprint density at radius 2 is 1.67 bits per heavy atom. The Morgan fingerprint density at radius 1 is 1.00 bits per heavy atom. The highest BCUT2D eigenvalue weighted by atomic mass is 16.5. The lowest BCUT2D eigenvalue weighted by Crippen LogP contribution is -2.47. The van der Waals surface area contributed by atoms with Crippen LogP contribution in [0.25, 0.3) is 0 Å². The van der Waals surface area contributed by atoms with Crippen LogP contribution in [0.2, 0.25) is 0 Å². The van der Waals surface area contributed by atoms with Crippen LogP contribution >= 0.6 is 0 Å². The highest BCUT2D eigenvalue weighted by molar-refractivity contribution is 5.98. The summed E-state index contributed by atoms with van der Waals surface area (Å²) in [6.45, 7) is 1.92. The third-order valence-corrected chi connectivity index (χ3v) is 5.03. The van der Waals surface area contributed by atoms with Gasteiger partial charge in [-0.25, -0.2) is 4.79 Å². The second-order valence-electron chi connectivity index (χ2n) is 7.37. The first-order chi connectivity index (χ1) is 14.5. The summed E-state index contributed by atoms with van der Waals surface area (Å²) in [7, 11) is 0. The van der Waals surface area contributed by atoms with Crippen LogP contribution < -0.4 is 20.7 Å². The summed E-state index contributed by atoms with van der Waals surface area (Å²) >= 11 is 0. The quantitative estimate of drug-likeness (QED) is 0.654. The number of rotatable bonds is 7. The molecule has 1 atom stereocenters. The van der Waals surface area contributed by atoms with Crippen LogP contribution in [0, 0.1) is 0 Å². The number of ether oxygens (including phenoxy) is 1. The molecule has 0 radical (unpaired) electrons. The number of hydrogen-bond acceptors (Lipinski definition) is 4. The largest absolute Gasteiger partial charge is 0.480 e. The number of imide groups is 1. The summed E-state index contributed by atoms with van der Waals surface area (Å²) < 4.78 is 5.70. The van der Waals surface area contributed by atoms with Crippen LogP contribution in [0.4, 0.5) is 4.79 Å². The third-order valence-electron chi connectivity index (χ3n) is 5.03. The Labute approximate surface area is 176 Å². The highest BCUT2D eigenvalue weighted by Crippen LogP contribution is 2.20. The van der Waals surface area contributed by atoms with Gasteiger partial charge in [0.2, 0.25) is 0 Å². The summed E-state index contributed by atoms with van der Waals surface area (Å²) in [5, 5.41) is 7.95. The molecule has 0 aliphatic heterocycles. The number of carbonyl (C=O) groups excluding carboxylic acids is 3. The summed E-state index contributed by atoms with van der Waals surface area (Å²) in [5.41, 5.74) is 1.30. The van der Waals surface area contributed by atoms with Gasteiger partial charge in [-0.15, -0.1) is 0 Å². The lowest BCUT2D eigenvalue weighted by molar-refractivity contribution is -0.126. The maximum absolute atomic E-state index is 12.6. The molecule has 0 heterocycles. The maximum Gasteiger partial charge on any atom is 0.321 e. The molecule has 1 aliphatic rings. The Kier molecular flexibility index (Phi) is 7.43. The van der Waals surface area contributed by atoms with Crippen molar-refractivity contribution in [2.45, 2.75) is 51.3 Å². The van der Waals surface area contributed by atoms with E-state index in [-0.39, 0.29) is 17.7 Å². The Balaban J connectivity index is 1.55. The molecule has 30 heavy (non-hydrogen) atoms. The van der Waals surface area contributed by atoms with E-state index in [9.17, 15) is 14.4 Å². The third kappa shape index (κ3) is 6.07. The summed E-state index contributed by atoms with van der Waals surface area (Å²) in [6.07, 6.45) is 3.09. The van der Waals surface area contributed by atoms with Crippen molar-refractivity contribution in [3.8, 4) is 5.75 Å². The first-order valence-corrected chi connectivity index (χ1v) is 10.2. The molecule has 7 nitrogen and oxygen atoms in total. The van der Waals surface area contributed by atoms with E-state index in [1.165, 1.54) is 6.92 Å². The minimum Gasteiger partial charge on any atom is -0.480 e. The van der Waals surface area contributed by atoms with Gasteiger partial charge in [0.1, 0.15) is 5.75 Å². The van der Waals surface area contributed by atoms with Crippen molar-refractivity contribution in [1.29, 1.82) is 0 Å². The molecule has 0 unspecified atom stereocenters. The van der Waals surface area contributed by atoms with Crippen LogP contribution in [0.1, 0.15) is 48.5 Å². The van der Waals surface area contributed by atoms with Gasteiger partial charge in [-0.3, -0.25) is 14.9 Å². The van der Waals surface area contributed by atoms with E-state index in [1.807, 2.05) is 30.3 Å². The van der Waals surface area contributed by atoms with Crippen LogP contribution in [-0.2, 0) is 11.3 Å². The number of carbonyl (C=O) groups is 3. The normalized spacial score (nSPS) is 14.6. The van der Waals surface area contributed by atoms with Gasteiger partial charge >= 0.3 is 6.03 Å². The topological polar surface area (TPSA) is 96.5 Å². The van der Waals surface area contributed by atoms with Gasteiger partial charge in [0.05, 0.1) is 5.56 Å². The molecule has 3 rings (SSSR count). The van der Waals surface area contributed by atoms with E-state index in [0.717, 1.165) is 31.2 Å². The van der Waals surface area contributed by atoms with Crippen molar-refractivity contribution in [3.05, 3.63) is 65.7 Å². The Bertz CT molecular complexity index is 879. The van der Waals surface area contributed by atoms with E-state index >= 15 is 0 Å². The van der Waals surface area contributed by atoms with Gasteiger partial charge in [0.25, 0.3) is 11.8 Å². The van der Waals surface area contributed by atoms with Gasteiger partial charge in [-0.1, -0.05) is 55.3 Å². The fourth-order valence-corrected chi connectivity index (χ4v) is 3.38. The van der Waals surface area contributed by atoms with Crippen molar-refractivity contribution in [1.82, 2.24) is 16.0 Å². The molecule has 2 aromatic carbocycles. The molecular weight excluding hydrogens is 382 g/mol. The van der Waals surface area contributed by atoms with Crippen molar-refractivity contribution in [2.75, 3.05) is 0 Å². The van der Waals surface area contributed by atoms with Gasteiger partial charge in [0, 0.05) is 12.6 Å². The average molecular weight is 409 g/mol. The number of urea groups is 1. The van der Waals surface area contributed by atoms with Crippen molar-refractivity contribution >= 4 is 17.8 Å². The zero-order valence-corrected chi connectivity index (χ0v) is 17.0.